The molecule has 1 saturated heterocycles. The molecular weight excluding hydrogens is 246 g/mol. The highest BCUT2D eigenvalue weighted by Crippen LogP contribution is 2.12. The summed E-state index contributed by atoms with van der Waals surface area (Å²) in [5.74, 6) is 0.513. The zero-order valence-electron chi connectivity index (χ0n) is 10.8. The molecular formula is C13H17N3O3. The summed E-state index contributed by atoms with van der Waals surface area (Å²) in [5.41, 5.74) is 6.53. The average Bonchev–Trinajstić information content (AvgIpc) is 2.66. The van der Waals surface area contributed by atoms with Crippen LogP contribution in [0, 0.1) is 0 Å². The molecule has 19 heavy (non-hydrogen) atoms. The maximum absolute atomic E-state index is 11.6. The molecule has 3 amide bonds. The third kappa shape index (κ3) is 3.03. The fourth-order valence-electron chi connectivity index (χ4n) is 1.87. The second-order valence-electron chi connectivity index (χ2n) is 4.38. The lowest BCUT2D eigenvalue weighted by Gasteiger charge is -2.14. The molecule has 1 aliphatic heterocycles. The molecule has 102 valence electrons. The highest BCUT2D eigenvalue weighted by atomic mass is 16.5. The Bertz CT molecular complexity index is 473. The molecule has 0 radical (unpaired) electrons. The molecule has 1 aromatic rings. The number of nitrogens with zero attached hydrogens (tertiary/aromatic N) is 2. The van der Waals surface area contributed by atoms with Crippen LogP contribution in [-0.2, 0) is 11.3 Å². The maximum atomic E-state index is 11.6. The Balaban J connectivity index is 1.83. The fraction of sp³-hybridized carbons (Fsp3) is 0.385. The van der Waals surface area contributed by atoms with Crippen LogP contribution in [0.3, 0.4) is 0 Å². The number of benzene rings is 1. The average molecular weight is 263 g/mol. The number of urea groups is 1. The molecule has 2 rings (SSSR count). The Morgan fingerprint density at radius 2 is 1.95 bits per heavy atom. The van der Waals surface area contributed by atoms with E-state index in [-0.39, 0.29) is 31.6 Å². The standard InChI is InChI=1S/C13H17N3O3/c1-15-9-12(17)16(13(15)18)6-7-19-11-4-2-10(8-14)3-5-11/h2-5H,6-9,14H2,1H3. The van der Waals surface area contributed by atoms with E-state index in [0.29, 0.717) is 12.3 Å². The van der Waals surface area contributed by atoms with Gasteiger partial charge >= 0.3 is 6.03 Å². The van der Waals surface area contributed by atoms with Gasteiger partial charge in [-0.3, -0.25) is 9.69 Å². The topological polar surface area (TPSA) is 75.9 Å². The van der Waals surface area contributed by atoms with E-state index in [1.807, 2.05) is 24.3 Å². The number of likely N-dealkylation sites (N-methyl/N-ethyl adjacent to an activating group) is 1. The lowest BCUT2D eigenvalue weighted by molar-refractivity contribution is -0.125. The van der Waals surface area contributed by atoms with Crippen molar-refractivity contribution in [3.8, 4) is 5.75 Å². The van der Waals surface area contributed by atoms with E-state index in [1.54, 1.807) is 7.05 Å². The van der Waals surface area contributed by atoms with Crippen LogP contribution in [0.2, 0.25) is 0 Å². The number of carbonyl (C=O) groups excluding carboxylic acids is 2. The zero-order valence-corrected chi connectivity index (χ0v) is 10.8. The van der Waals surface area contributed by atoms with Crippen molar-refractivity contribution >= 4 is 11.9 Å². The second kappa shape index (κ2) is 5.71. The van der Waals surface area contributed by atoms with E-state index < -0.39 is 0 Å². The molecule has 1 aliphatic rings. The predicted octanol–water partition coefficient (Wildman–Crippen LogP) is 0.418. The number of nitrogens with two attached hydrogens (primary N) is 1. The van der Waals surface area contributed by atoms with Gasteiger partial charge in [0.05, 0.1) is 6.54 Å². The van der Waals surface area contributed by atoms with Gasteiger partial charge in [-0.1, -0.05) is 12.1 Å². The third-order valence-corrected chi connectivity index (χ3v) is 2.97. The third-order valence-electron chi connectivity index (χ3n) is 2.97. The molecule has 0 aromatic heterocycles. The Morgan fingerprint density at radius 3 is 2.47 bits per heavy atom. The molecule has 6 nitrogen and oxygen atoms in total. The summed E-state index contributed by atoms with van der Waals surface area (Å²) < 4.78 is 5.49. The highest BCUT2D eigenvalue weighted by molar-refractivity contribution is 6.01. The van der Waals surface area contributed by atoms with Gasteiger partial charge in [0, 0.05) is 13.6 Å². The smallest absolute Gasteiger partial charge is 0.327 e. The summed E-state index contributed by atoms with van der Waals surface area (Å²) in [5, 5.41) is 0. The van der Waals surface area contributed by atoms with E-state index in [1.165, 1.54) is 9.80 Å². The molecule has 0 bridgehead atoms. The first kappa shape index (κ1) is 13.4. The molecule has 1 heterocycles. The van der Waals surface area contributed by atoms with Crippen molar-refractivity contribution in [3.05, 3.63) is 29.8 Å². The molecule has 0 unspecified atom stereocenters. The van der Waals surface area contributed by atoms with Gasteiger partial charge in [-0.15, -0.1) is 0 Å². The van der Waals surface area contributed by atoms with E-state index >= 15 is 0 Å². The lowest BCUT2D eigenvalue weighted by atomic mass is 10.2. The largest absolute Gasteiger partial charge is 0.492 e. The molecule has 6 heteroatoms. The summed E-state index contributed by atoms with van der Waals surface area (Å²) in [6.45, 7) is 1.18. The SMILES string of the molecule is CN1CC(=O)N(CCOc2ccc(CN)cc2)C1=O. The summed E-state index contributed by atoms with van der Waals surface area (Å²) in [6, 6.07) is 7.14. The predicted molar refractivity (Wildman–Crippen MR) is 69.6 cm³/mol. The summed E-state index contributed by atoms with van der Waals surface area (Å²) in [7, 11) is 1.60. The minimum atomic E-state index is -0.271. The normalized spacial score (nSPS) is 15.3. The van der Waals surface area contributed by atoms with Gasteiger partial charge in [-0.2, -0.15) is 0 Å². The van der Waals surface area contributed by atoms with E-state index in [2.05, 4.69) is 0 Å². The minimum absolute atomic E-state index is 0.143. The zero-order chi connectivity index (χ0) is 13.8. The van der Waals surface area contributed by atoms with Gasteiger partial charge in [0.2, 0.25) is 5.91 Å². The first-order chi connectivity index (χ1) is 9.11. The van der Waals surface area contributed by atoms with Crippen molar-refractivity contribution < 1.29 is 14.3 Å². The number of rotatable bonds is 5. The van der Waals surface area contributed by atoms with Crippen molar-refractivity contribution in [1.82, 2.24) is 9.80 Å². The van der Waals surface area contributed by atoms with Crippen molar-refractivity contribution in [3.63, 3.8) is 0 Å². The van der Waals surface area contributed by atoms with Crippen molar-refractivity contribution in [1.29, 1.82) is 0 Å². The van der Waals surface area contributed by atoms with Crippen LogP contribution in [0.25, 0.3) is 0 Å². The van der Waals surface area contributed by atoms with Crippen molar-refractivity contribution in [2.75, 3.05) is 26.7 Å². The molecule has 1 aromatic carbocycles. The lowest BCUT2D eigenvalue weighted by Crippen LogP contribution is -2.35. The first-order valence-corrected chi connectivity index (χ1v) is 6.09. The minimum Gasteiger partial charge on any atom is -0.492 e. The van der Waals surface area contributed by atoms with Crippen LogP contribution in [0.5, 0.6) is 5.75 Å². The van der Waals surface area contributed by atoms with E-state index in [0.717, 1.165) is 5.56 Å². The Morgan fingerprint density at radius 1 is 1.26 bits per heavy atom. The van der Waals surface area contributed by atoms with Gasteiger partial charge in [-0.25, -0.2) is 4.79 Å². The van der Waals surface area contributed by atoms with Crippen LogP contribution in [0.15, 0.2) is 24.3 Å². The number of carbonyl (C=O) groups is 2. The number of hydrogen-bond donors (Lipinski definition) is 1. The van der Waals surface area contributed by atoms with E-state index in [4.69, 9.17) is 10.5 Å². The Hall–Kier alpha value is -2.08. The second-order valence-corrected chi connectivity index (χ2v) is 4.38. The molecule has 0 spiro atoms. The summed E-state index contributed by atoms with van der Waals surface area (Å²) in [6.07, 6.45) is 0. The molecule has 0 saturated carbocycles. The van der Waals surface area contributed by atoms with Crippen molar-refractivity contribution in [2.45, 2.75) is 6.54 Å². The van der Waals surface area contributed by atoms with Gasteiger partial charge in [-0.05, 0) is 17.7 Å². The Labute approximate surface area is 111 Å². The van der Waals surface area contributed by atoms with Crippen LogP contribution >= 0.6 is 0 Å². The monoisotopic (exact) mass is 263 g/mol. The van der Waals surface area contributed by atoms with Crippen LogP contribution in [0.4, 0.5) is 4.79 Å². The van der Waals surface area contributed by atoms with Gasteiger partial charge in [0.1, 0.15) is 18.9 Å². The first-order valence-electron chi connectivity index (χ1n) is 6.09. The van der Waals surface area contributed by atoms with Gasteiger partial charge in [0.25, 0.3) is 0 Å². The number of hydrogen-bond acceptors (Lipinski definition) is 4. The molecule has 1 fully saturated rings. The van der Waals surface area contributed by atoms with Crippen molar-refractivity contribution in [2.24, 2.45) is 5.73 Å². The highest BCUT2D eigenvalue weighted by Gasteiger charge is 2.32. The summed E-state index contributed by atoms with van der Waals surface area (Å²) >= 11 is 0. The fourth-order valence-corrected chi connectivity index (χ4v) is 1.87. The number of imide groups is 1. The molecule has 2 N–H and O–H groups in total. The van der Waals surface area contributed by atoms with E-state index in [9.17, 15) is 9.59 Å². The molecule has 0 atom stereocenters. The van der Waals surface area contributed by atoms with Gasteiger partial charge < -0.3 is 15.4 Å². The Kier molecular flexibility index (Phi) is 4.01. The number of amides is 3. The number of ether oxygens (including phenoxy) is 1. The van der Waals surface area contributed by atoms with Gasteiger partial charge in [0.15, 0.2) is 0 Å². The van der Waals surface area contributed by atoms with Crippen LogP contribution in [-0.4, -0.2) is 48.5 Å². The van der Waals surface area contributed by atoms with Crippen LogP contribution < -0.4 is 10.5 Å². The van der Waals surface area contributed by atoms with Crippen LogP contribution in [0.1, 0.15) is 5.56 Å². The quantitative estimate of drug-likeness (QED) is 0.781. The molecule has 0 aliphatic carbocycles. The summed E-state index contributed by atoms with van der Waals surface area (Å²) in [4.78, 5) is 25.7. The maximum Gasteiger partial charge on any atom is 0.327 e.